The summed E-state index contributed by atoms with van der Waals surface area (Å²) in [4.78, 5) is 29.1. The normalized spacial score (nSPS) is 21.1. The van der Waals surface area contributed by atoms with Crippen LogP contribution in [-0.2, 0) is 14.3 Å². The maximum Gasteiger partial charge on any atom is 0.233 e. The van der Waals surface area contributed by atoms with E-state index in [9.17, 15) is 14.7 Å². The van der Waals surface area contributed by atoms with E-state index in [2.05, 4.69) is 46.1 Å². The number of carbonyl (C=O) groups excluding carboxylic acids is 2. The number of nitrogens with zero attached hydrogens (tertiary/aromatic N) is 2. The van der Waals surface area contributed by atoms with E-state index in [-0.39, 0.29) is 61.8 Å². The number of amides is 2. The van der Waals surface area contributed by atoms with Gasteiger partial charge in [-0.25, -0.2) is 0 Å². The second-order valence-electron chi connectivity index (χ2n) is 11.6. The van der Waals surface area contributed by atoms with Crippen LogP contribution in [0, 0.1) is 16.7 Å². The maximum absolute atomic E-state index is 13.0. The summed E-state index contributed by atoms with van der Waals surface area (Å²) in [5, 5.41) is 10.2. The number of phenolic OH excluding ortho intramolecular Hbond substituents is 1. The predicted molar refractivity (Wildman–Crippen MR) is 143 cm³/mol. The number of phenols is 1. The first-order chi connectivity index (χ1) is 15.4. The molecule has 0 radical (unpaired) electrons. The third kappa shape index (κ3) is 8.18. The number of likely N-dealkylation sites (tertiary alicyclic amines) is 1. The Bertz CT molecular complexity index is 887. The summed E-state index contributed by atoms with van der Waals surface area (Å²) in [6.45, 7) is 17.6. The molecule has 0 aliphatic carbocycles. The second kappa shape index (κ2) is 12.2. The van der Waals surface area contributed by atoms with Gasteiger partial charge in [0.2, 0.25) is 11.8 Å². The largest absolute Gasteiger partial charge is 0.508 e. The smallest absolute Gasteiger partial charge is 0.233 e. The number of allylic oxidation sites excluding steroid dienone is 1. The number of ether oxygens (including phenoxy) is 1. The molecule has 6 nitrogen and oxygen atoms in total. The van der Waals surface area contributed by atoms with Crippen molar-refractivity contribution in [1.82, 2.24) is 9.80 Å². The Morgan fingerprint density at radius 3 is 2.40 bits per heavy atom. The van der Waals surface area contributed by atoms with Crippen LogP contribution in [-0.4, -0.2) is 53.0 Å². The van der Waals surface area contributed by atoms with E-state index in [0.717, 1.165) is 18.4 Å². The fourth-order valence-electron chi connectivity index (χ4n) is 5.69. The first-order valence-electron chi connectivity index (χ1n) is 12.0. The van der Waals surface area contributed by atoms with Gasteiger partial charge in [0.15, 0.2) is 0 Å². The molecule has 2 saturated heterocycles. The molecule has 2 fully saturated rings. The van der Waals surface area contributed by atoms with Crippen LogP contribution in [0.5, 0.6) is 5.75 Å². The Labute approximate surface area is 213 Å². The van der Waals surface area contributed by atoms with Gasteiger partial charge in [-0.15, -0.1) is 0 Å². The number of para-hydroxylation sites is 1. The van der Waals surface area contributed by atoms with Crippen molar-refractivity contribution < 1.29 is 19.4 Å². The summed E-state index contributed by atoms with van der Waals surface area (Å²) in [6, 6.07) is 7.12. The zero-order chi connectivity index (χ0) is 24.4. The van der Waals surface area contributed by atoms with Crippen molar-refractivity contribution in [2.24, 2.45) is 16.7 Å². The highest BCUT2D eigenvalue weighted by Crippen LogP contribution is 2.39. The molecule has 1 N–H and O–H groups in total. The molecule has 0 aromatic heterocycles. The van der Waals surface area contributed by atoms with Gasteiger partial charge in [-0.2, -0.15) is 0 Å². The first kappa shape index (κ1) is 30.9. The number of rotatable bonds is 9. The summed E-state index contributed by atoms with van der Waals surface area (Å²) in [5.41, 5.74) is 2.09. The van der Waals surface area contributed by atoms with Gasteiger partial charge in [0, 0.05) is 31.6 Å². The topological polar surface area (TPSA) is 70.1 Å². The fraction of sp³-hybridized carbons (Fsp3) is 0.655. The van der Waals surface area contributed by atoms with E-state index < -0.39 is 0 Å². The molecule has 2 unspecified atom stereocenters. The molecule has 2 aliphatic rings. The van der Waals surface area contributed by atoms with Crippen LogP contribution in [0.4, 0.5) is 0 Å². The number of aromatic hydroxyl groups is 1. The summed E-state index contributed by atoms with van der Waals surface area (Å²) in [5.74, 6) is -0.310. The van der Waals surface area contributed by atoms with Gasteiger partial charge in [-0.1, -0.05) is 79.8 Å². The average Bonchev–Trinajstić information content (AvgIpc) is 3.23. The molecule has 2 amide bonds. The zero-order valence-corrected chi connectivity index (χ0v) is 20.9. The van der Waals surface area contributed by atoms with Crippen LogP contribution in [0.3, 0.4) is 0 Å². The highest BCUT2D eigenvalue weighted by molar-refractivity contribution is 6.03. The van der Waals surface area contributed by atoms with Gasteiger partial charge in [-0.05, 0) is 36.2 Å². The van der Waals surface area contributed by atoms with Gasteiger partial charge in [0.25, 0.3) is 0 Å². The molecule has 1 aromatic carbocycles. The minimum Gasteiger partial charge on any atom is -0.508 e. The van der Waals surface area contributed by atoms with Crippen LogP contribution in [0.2, 0.25) is 0 Å². The van der Waals surface area contributed by atoms with E-state index in [0.29, 0.717) is 38.2 Å². The molecule has 6 heteroatoms. The molecule has 2 heterocycles. The Morgan fingerprint density at radius 2 is 1.77 bits per heavy atom. The number of hydrogen-bond acceptors (Lipinski definition) is 5. The van der Waals surface area contributed by atoms with Crippen molar-refractivity contribution in [1.29, 1.82) is 0 Å². The molecule has 198 valence electrons. The lowest BCUT2D eigenvalue weighted by molar-refractivity contribution is -0.139. The lowest BCUT2D eigenvalue weighted by Crippen LogP contribution is -2.38. The fourth-order valence-corrected chi connectivity index (χ4v) is 5.69. The van der Waals surface area contributed by atoms with E-state index >= 15 is 0 Å². The van der Waals surface area contributed by atoms with E-state index in [1.165, 1.54) is 4.90 Å². The predicted octanol–water partition coefficient (Wildman–Crippen LogP) is 6.17. The summed E-state index contributed by atoms with van der Waals surface area (Å²) in [7, 11) is 0. The molecule has 2 atom stereocenters. The second-order valence-corrected chi connectivity index (χ2v) is 11.6. The Hall–Kier alpha value is -2.18. The van der Waals surface area contributed by atoms with Gasteiger partial charge < -0.3 is 9.84 Å². The SMILES string of the molecule is C.C.C=C(CC1CC(=O)N(CCN2CCOC2c2ccccc2O)C1=O)CC(C)(C)CC(C)(C)C. The molecule has 3 rings (SSSR count). The zero-order valence-electron chi connectivity index (χ0n) is 20.9. The number of imide groups is 1. The lowest BCUT2D eigenvalue weighted by Gasteiger charge is -2.33. The lowest BCUT2D eigenvalue weighted by atomic mass is 9.72. The quantitative estimate of drug-likeness (QED) is 0.332. The summed E-state index contributed by atoms with van der Waals surface area (Å²) in [6.07, 6.45) is 2.40. The first-order valence-corrected chi connectivity index (χ1v) is 12.0. The van der Waals surface area contributed by atoms with Crippen LogP contribution < -0.4 is 0 Å². The monoisotopic (exact) mass is 488 g/mol. The molecule has 0 bridgehead atoms. The molecular weight excluding hydrogens is 440 g/mol. The van der Waals surface area contributed by atoms with Crippen LogP contribution in [0.1, 0.15) is 86.9 Å². The van der Waals surface area contributed by atoms with Crippen molar-refractivity contribution in [3.63, 3.8) is 0 Å². The van der Waals surface area contributed by atoms with Crippen molar-refractivity contribution in [2.45, 2.75) is 81.4 Å². The van der Waals surface area contributed by atoms with Gasteiger partial charge in [-0.3, -0.25) is 19.4 Å². The molecule has 0 spiro atoms. The Kier molecular flexibility index (Phi) is 10.7. The molecule has 2 aliphatic heterocycles. The minimum absolute atomic E-state index is 0. The Morgan fingerprint density at radius 1 is 1.11 bits per heavy atom. The maximum atomic E-state index is 13.0. The van der Waals surface area contributed by atoms with Crippen LogP contribution in [0.25, 0.3) is 0 Å². The molecule has 35 heavy (non-hydrogen) atoms. The third-order valence-corrected chi connectivity index (χ3v) is 6.41. The highest BCUT2D eigenvalue weighted by atomic mass is 16.5. The van der Waals surface area contributed by atoms with E-state index in [1.54, 1.807) is 12.1 Å². The third-order valence-electron chi connectivity index (χ3n) is 6.41. The summed E-state index contributed by atoms with van der Waals surface area (Å²) < 4.78 is 5.82. The number of hydrogen-bond donors (Lipinski definition) is 1. The van der Waals surface area contributed by atoms with Crippen LogP contribution >= 0.6 is 0 Å². The average molecular weight is 489 g/mol. The highest BCUT2D eigenvalue weighted by Gasteiger charge is 2.40. The van der Waals surface area contributed by atoms with Crippen molar-refractivity contribution in [3.05, 3.63) is 42.0 Å². The Balaban J connectivity index is 0.00000306. The van der Waals surface area contributed by atoms with Crippen molar-refractivity contribution in [2.75, 3.05) is 26.2 Å². The van der Waals surface area contributed by atoms with E-state index in [4.69, 9.17) is 4.74 Å². The standard InChI is InChI=1S/C27H40N2O4.2CH4/c1-19(17-27(5,6)18-26(2,3)4)15-20-16-23(31)29(24(20)32)12-11-28-13-14-33-25(28)21-9-7-8-10-22(21)30;;/h7-10,20,25,30H,1,11-18H2,2-6H3;2*1H4. The molecule has 1 aromatic rings. The van der Waals surface area contributed by atoms with Gasteiger partial charge in [0.05, 0.1) is 12.5 Å². The van der Waals surface area contributed by atoms with E-state index in [1.807, 2.05) is 12.1 Å². The molecular formula is C29H48N2O4. The summed E-state index contributed by atoms with van der Waals surface area (Å²) >= 11 is 0. The van der Waals surface area contributed by atoms with Gasteiger partial charge in [0.1, 0.15) is 12.0 Å². The van der Waals surface area contributed by atoms with Crippen molar-refractivity contribution >= 4 is 11.8 Å². The van der Waals surface area contributed by atoms with Gasteiger partial charge >= 0.3 is 0 Å². The molecule has 0 saturated carbocycles. The minimum atomic E-state index is -0.361. The van der Waals surface area contributed by atoms with Crippen molar-refractivity contribution in [3.8, 4) is 5.75 Å². The number of carbonyl (C=O) groups is 2. The number of benzene rings is 1. The van der Waals surface area contributed by atoms with Crippen LogP contribution in [0.15, 0.2) is 36.4 Å².